The molecule has 3 nitrogen and oxygen atoms in total. The van der Waals surface area contributed by atoms with Crippen LogP contribution in [0.25, 0.3) is 0 Å². The van der Waals surface area contributed by atoms with E-state index in [9.17, 15) is 17.6 Å². The fraction of sp³-hybridized carbons (Fsp3) is 0.167. The number of hydrogen-bond acceptors (Lipinski definition) is 3. The number of hydrogen-bond donors (Lipinski definition) is 0. The molecule has 0 saturated carbocycles. The normalized spacial score (nSPS) is 10.7. The third-order valence-electron chi connectivity index (χ3n) is 2.56. The van der Waals surface area contributed by atoms with Crippen molar-refractivity contribution in [1.29, 1.82) is 0 Å². The quantitative estimate of drug-likeness (QED) is 0.643. The molecule has 2 rings (SSSR count). The molecule has 0 aliphatic rings. The lowest BCUT2D eigenvalue weighted by atomic mass is 10.2. The van der Waals surface area contributed by atoms with E-state index in [0.717, 1.165) is 4.90 Å². The van der Waals surface area contributed by atoms with E-state index in [1.807, 2.05) is 0 Å². The van der Waals surface area contributed by atoms with Gasteiger partial charge in [0, 0.05) is 19.8 Å². The third kappa shape index (κ3) is 2.82. The molecule has 2 aromatic heterocycles. The Morgan fingerprint density at radius 1 is 1.10 bits per heavy atom. The molecule has 20 heavy (non-hydrogen) atoms. The van der Waals surface area contributed by atoms with Crippen LogP contribution in [0.15, 0.2) is 18.3 Å². The summed E-state index contributed by atoms with van der Waals surface area (Å²) in [5.74, 6) is -6.48. The monoisotopic (exact) mass is 305 g/mol. The summed E-state index contributed by atoms with van der Waals surface area (Å²) in [5, 5.41) is 0.259. The smallest absolute Gasteiger partial charge is 0.253 e. The number of rotatable bonds is 3. The summed E-state index contributed by atoms with van der Waals surface area (Å²) in [6.07, 6.45) is 1.39. The molecule has 0 amide bonds. The first kappa shape index (κ1) is 14.5. The molecule has 0 fully saturated rings. The Hall–Kier alpha value is -1.89. The van der Waals surface area contributed by atoms with E-state index in [-0.39, 0.29) is 11.7 Å². The minimum atomic E-state index is -1.69. The van der Waals surface area contributed by atoms with Gasteiger partial charge in [0.05, 0.1) is 0 Å². The van der Waals surface area contributed by atoms with Gasteiger partial charge in [-0.2, -0.15) is 22.5 Å². The van der Waals surface area contributed by atoms with Gasteiger partial charge in [-0.1, -0.05) is 17.7 Å². The Morgan fingerprint density at radius 3 is 2.20 bits per heavy atom. The molecule has 0 atom stereocenters. The predicted octanol–water partition coefficient (Wildman–Crippen LogP) is 3.32. The zero-order chi connectivity index (χ0) is 14.9. The van der Waals surface area contributed by atoms with Gasteiger partial charge in [-0.15, -0.1) is 0 Å². The van der Waals surface area contributed by atoms with Crippen molar-refractivity contribution < 1.29 is 17.6 Å². The second-order valence-electron chi connectivity index (χ2n) is 4.02. The van der Waals surface area contributed by atoms with Gasteiger partial charge in [-0.25, -0.2) is 4.98 Å². The second-order valence-corrected chi connectivity index (χ2v) is 4.40. The molecule has 0 aromatic carbocycles. The first-order chi connectivity index (χ1) is 9.40. The Labute approximate surface area is 116 Å². The summed E-state index contributed by atoms with van der Waals surface area (Å²) in [6, 6.07) is 3.07. The van der Waals surface area contributed by atoms with Crippen LogP contribution >= 0.6 is 11.6 Å². The first-order valence-electron chi connectivity index (χ1n) is 5.41. The van der Waals surface area contributed by atoms with Crippen LogP contribution in [0.5, 0.6) is 0 Å². The Kier molecular flexibility index (Phi) is 4.08. The van der Waals surface area contributed by atoms with Crippen LogP contribution in [0, 0.1) is 23.5 Å². The number of pyridine rings is 2. The molecule has 0 aliphatic carbocycles. The summed E-state index contributed by atoms with van der Waals surface area (Å²) in [6.45, 7) is -0.0130. The van der Waals surface area contributed by atoms with Crippen LogP contribution in [-0.4, -0.2) is 17.0 Å². The Bertz CT molecular complexity index is 607. The van der Waals surface area contributed by atoms with Gasteiger partial charge < -0.3 is 4.90 Å². The molecule has 0 aliphatic heterocycles. The van der Waals surface area contributed by atoms with E-state index in [4.69, 9.17) is 11.6 Å². The fourth-order valence-corrected chi connectivity index (χ4v) is 1.78. The standard InChI is InChI=1S/C12H8ClF4N3/c1-20(5-6-2-3-7(13)18-4-6)10-8(14)11(16)19-12(17)9(10)15/h2-4H,5H2,1H3. The minimum absolute atomic E-state index is 0.0130. The summed E-state index contributed by atoms with van der Waals surface area (Å²) in [5.41, 5.74) is -0.265. The van der Waals surface area contributed by atoms with Gasteiger partial charge in [0.2, 0.25) is 11.6 Å². The van der Waals surface area contributed by atoms with Gasteiger partial charge >= 0.3 is 0 Å². The van der Waals surface area contributed by atoms with Crippen LogP contribution in [-0.2, 0) is 6.54 Å². The molecule has 0 unspecified atom stereocenters. The van der Waals surface area contributed by atoms with E-state index in [2.05, 4.69) is 9.97 Å². The van der Waals surface area contributed by atoms with Gasteiger partial charge in [0.15, 0.2) is 0 Å². The van der Waals surface area contributed by atoms with Crippen molar-refractivity contribution >= 4 is 17.3 Å². The number of aromatic nitrogens is 2. The highest BCUT2D eigenvalue weighted by atomic mass is 35.5. The van der Waals surface area contributed by atoms with Gasteiger partial charge in [0.1, 0.15) is 10.8 Å². The Balaban J connectivity index is 2.34. The van der Waals surface area contributed by atoms with Gasteiger partial charge in [-0.05, 0) is 11.6 Å². The fourth-order valence-electron chi connectivity index (χ4n) is 1.66. The lowest BCUT2D eigenvalue weighted by molar-refractivity contribution is 0.407. The summed E-state index contributed by atoms with van der Waals surface area (Å²) >= 11 is 5.61. The lowest BCUT2D eigenvalue weighted by Gasteiger charge is -2.20. The molecule has 2 heterocycles. The maximum absolute atomic E-state index is 13.5. The summed E-state index contributed by atoms with van der Waals surface area (Å²) < 4.78 is 53.1. The van der Waals surface area contributed by atoms with E-state index in [1.54, 1.807) is 6.07 Å². The van der Waals surface area contributed by atoms with Gasteiger partial charge in [-0.3, -0.25) is 0 Å². The van der Waals surface area contributed by atoms with Crippen molar-refractivity contribution in [3.63, 3.8) is 0 Å². The summed E-state index contributed by atoms with van der Waals surface area (Å²) in [7, 11) is 1.29. The van der Waals surface area contributed by atoms with Crippen LogP contribution in [0.1, 0.15) is 5.56 Å². The SMILES string of the molecule is CN(Cc1ccc(Cl)nc1)c1c(F)c(F)nc(F)c1F. The van der Waals surface area contributed by atoms with Crippen LogP contribution in [0.4, 0.5) is 23.2 Å². The highest BCUT2D eigenvalue weighted by Gasteiger charge is 2.23. The first-order valence-corrected chi connectivity index (χ1v) is 5.79. The third-order valence-corrected chi connectivity index (χ3v) is 2.79. The van der Waals surface area contributed by atoms with Crippen molar-refractivity contribution in [3.05, 3.63) is 52.6 Å². The molecule has 0 spiro atoms. The zero-order valence-electron chi connectivity index (χ0n) is 10.2. The number of halogens is 5. The van der Waals surface area contributed by atoms with Crippen molar-refractivity contribution in [3.8, 4) is 0 Å². The molecule has 2 aromatic rings. The Morgan fingerprint density at radius 2 is 1.70 bits per heavy atom. The minimum Gasteiger partial charge on any atom is -0.365 e. The topological polar surface area (TPSA) is 29.0 Å². The maximum atomic E-state index is 13.5. The molecule has 8 heteroatoms. The van der Waals surface area contributed by atoms with Crippen LogP contribution in [0.3, 0.4) is 0 Å². The average Bonchev–Trinajstić information content (AvgIpc) is 2.39. The van der Waals surface area contributed by atoms with Crippen molar-refractivity contribution in [2.75, 3.05) is 11.9 Å². The largest absolute Gasteiger partial charge is 0.365 e. The highest BCUT2D eigenvalue weighted by Crippen LogP contribution is 2.26. The number of anilines is 1. The predicted molar refractivity (Wildman–Crippen MR) is 65.4 cm³/mol. The van der Waals surface area contributed by atoms with Crippen molar-refractivity contribution in [2.45, 2.75) is 6.54 Å². The zero-order valence-corrected chi connectivity index (χ0v) is 10.9. The summed E-state index contributed by atoms with van der Waals surface area (Å²) in [4.78, 5) is 7.31. The van der Waals surface area contributed by atoms with E-state index in [1.165, 1.54) is 19.3 Å². The lowest BCUT2D eigenvalue weighted by Crippen LogP contribution is -2.21. The molecular formula is C12H8ClF4N3. The highest BCUT2D eigenvalue weighted by molar-refractivity contribution is 6.29. The number of nitrogens with zero attached hydrogens (tertiary/aromatic N) is 3. The molecule has 106 valence electrons. The molecule has 0 saturated heterocycles. The van der Waals surface area contributed by atoms with Crippen molar-refractivity contribution in [2.24, 2.45) is 0 Å². The van der Waals surface area contributed by atoms with Crippen LogP contribution < -0.4 is 4.90 Å². The molecule has 0 bridgehead atoms. The van der Waals surface area contributed by atoms with E-state index < -0.39 is 29.2 Å². The molecule has 0 N–H and O–H groups in total. The van der Waals surface area contributed by atoms with E-state index in [0.29, 0.717) is 5.56 Å². The van der Waals surface area contributed by atoms with Gasteiger partial charge in [0.25, 0.3) is 11.9 Å². The molecule has 0 radical (unpaired) electrons. The average molecular weight is 306 g/mol. The second kappa shape index (κ2) is 5.62. The van der Waals surface area contributed by atoms with E-state index >= 15 is 0 Å². The maximum Gasteiger partial charge on any atom is 0.253 e. The molecular weight excluding hydrogens is 298 g/mol. The van der Waals surface area contributed by atoms with Crippen molar-refractivity contribution in [1.82, 2.24) is 9.97 Å². The van der Waals surface area contributed by atoms with Crippen LogP contribution in [0.2, 0.25) is 5.15 Å².